The van der Waals surface area contributed by atoms with Crippen LogP contribution in [0.5, 0.6) is 0 Å². The van der Waals surface area contributed by atoms with Gasteiger partial charge in [0.2, 0.25) is 0 Å². The molecule has 5 nitrogen and oxygen atoms in total. The second-order valence-electron chi connectivity index (χ2n) is 7.49. The van der Waals surface area contributed by atoms with Crippen molar-refractivity contribution in [2.75, 3.05) is 6.54 Å². The number of benzene rings is 2. The van der Waals surface area contributed by atoms with Crippen molar-refractivity contribution in [3.63, 3.8) is 0 Å². The molecule has 2 heterocycles. The van der Waals surface area contributed by atoms with Crippen LogP contribution in [-0.2, 0) is 7.05 Å². The predicted molar refractivity (Wildman–Crippen MR) is 102 cm³/mol. The molecule has 4 rings (SSSR count). The molecule has 1 saturated heterocycles. The van der Waals surface area contributed by atoms with Crippen LogP contribution in [0.25, 0.3) is 22.0 Å². The molecule has 0 radical (unpaired) electrons. The van der Waals surface area contributed by atoms with Crippen LogP contribution < -0.4 is 0 Å². The van der Waals surface area contributed by atoms with Gasteiger partial charge < -0.3 is 10.0 Å². The Kier molecular flexibility index (Phi) is 3.84. The highest BCUT2D eigenvalue weighted by Gasteiger charge is 2.44. The number of nitrogens with zero attached hydrogens (tertiary/aromatic N) is 3. The molecule has 1 aliphatic rings. The van der Waals surface area contributed by atoms with Gasteiger partial charge >= 0.3 is 0 Å². The van der Waals surface area contributed by atoms with Gasteiger partial charge in [-0.1, -0.05) is 36.4 Å². The number of aryl methyl sites for hydroxylation is 1. The van der Waals surface area contributed by atoms with E-state index in [1.165, 1.54) is 0 Å². The maximum Gasteiger partial charge on any atom is 0.275 e. The van der Waals surface area contributed by atoms with Gasteiger partial charge in [-0.3, -0.25) is 9.48 Å². The summed E-state index contributed by atoms with van der Waals surface area (Å²) in [7, 11) is 1.86. The third-order valence-electron chi connectivity index (χ3n) is 5.54. The molecule has 1 amide bonds. The van der Waals surface area contributed by atoms with E-state index < -0.39 is 11.6 Å². The second-order valence-corrected chi connectivity index (χ2v) is 7.49. The molecule has 2 aromatic carbocycles. The SMILES string of the molecule is Cn1nc(C(=O)N2CCC(O)C2(C)C)c2ccc(-c3ccccc3)cc21. The summed E-state index contributed by atoms with van der Waals surface area (Å²) in [6.45, 7) is 4.36. The topological polar surface area (TPSA) is 58.4 Å². The van der Waals surface area contributed by atoms with Crippen molar-refractivity contribution < 1.29 is 9.90 Å². The number of aliphatic hydroxyl groups excluding tert-OH is 1. The third-order valence-corrected chi connectivity index (χ3v) is 5.54. The molecule has 1 aromatic heterocycles. The first-order valence-corrected chi connectivity index (χ1v) is 8.92. The van der Waals surface area contributed by atoms with Crippen molar-refractivity contribution in [1.29, 1.82) is 0 Å². The minimum absolute atomic E-state index is 0.121. The monoisotopic (exact) mass is 349 g/mol. The zero-order chi connectivity index (χ0) is 18.5. The number of hydrogen-bond donors (Lipinski definition) is 1. The predicted octanol–water partition coefficient (Wildman–Crippen LogP) is 3.23. The van der Waals surface area contributed by atoms with E-state index >= 15 is 0 Å². The zero-order valence-corrected chi connectivity index (χ0v) is 15.3. The standard InChI is InChI=1S/C21H23N3O2/c1-21(2)18(25)11-12-24(21)20(26)19-16-10-9-15(13-17(16)23(3)22-19)14-7-5-4-6-8-14/h4-10,13,18,25H,11-12H2,1-3H3. The number of likely N-dealkylation sites (tertiary alicyclic amines) is 1. The van der Waals surface area contributed by atoms with Gasteiger partial charge in [-0.15, -0.1) is 0 Å². The summed E-state index contributed by atoms with van der Waals surface area (Å²) in [5.74, 6) is -0.121. The number of aliphatic hydroxyl groups is 1. The average molecular weight is 349 g/mol. The van der Waals surface area contributed by atoms with Gasteiger partial charge in [0.25, 0.3) is 5.91 Å². The molecule has 1 aliphatic heterocycles. The molecule has 1 atom stereocenters. The van der Waals surface area contributed by atoms with Crippen molar-refractivity contribution in [3.05, 3.63) is 54.2 Å². The molecule has 0 bridgehead atoms. The van der Waals surface area contributed by atoms with E-state index in [2.05, 4.69) is 23.3 Å². The van der Waals surface area contributed by atoms with Crippen molar-refractivity contribution in [2.45, 2.75) is 31.9 Å². The highest BCUT2D eigenvalue weighted by Crippen LogP contribution is 2.32. The normalized spacial score (nSPS) is 19.2. The molecule has 1 fully saturated rings. The summed E-state index contributed by atoms with van der Waals surface area (Å²) in [5, 5.41) is 15.5. The maximum absolute atomic E-state index is 13.1. The van der Waals surface area contributed by atoms with Crippen LogP contribution in [0, 0.1) is 0 Å². The van der Waals surface area contributed by atoms with Crippen LogP contribution in [0.15, 0.2) is 48.5 Å². The van der Waals surface area contributed by atoms with E-state index in [4.69, 9.17) is 0 Å². The van der Waals surface area contributed by atoms with Crippen molar-refractivity contribution >= 4 is 16.8 Å². The van der Waals surface area contributed by atoms with Gasteiger partial charge in [0.1, 0.15) is 0 Å². The van der Waals surface area contributed by atoms with Crippen LogP contribution in [-0.4, -0.2) is 43.9 Å². The molecule has 0 aliphatic carbocycles. The Balaban J connectivity index is 1.77. The zero-order valence-electron chi connectivity index (χ0n) is 15.3. The quantitative estimate of drug-likeness (QED) is 0.773. The Morgan fingerprint density at radius 1 is 1.15 bits per heavy atom. The number of amides is 1. The number of hydrogen-bond acceptors (Lipinski definition) is 3. The lowest BCUT2D eigenvalue weighted by Gasteiger charge is -2.33. The minimum atomic E-state index is -0.578. The van der Waals surface area contributed by atoms with E-state index in [0.717, 1.165) is 22.0 Å². The van der Waals surface area contributed by atoms with Crippen LogP contribution in [0.1, 0.15) is 30.8 Å². The van der Waals surface area contributed by atoms with Gasteiger partial charge in [0.05, 0.1) is 17.2 Å². The van der Waals surface area contributed by atoms with Crippen molar-refractivity contribution in [1.82, 2.24) is 14.7 Å². The first kappa shape index (κ1) is 16.8. The second kappa shape index (κ2) is 5.95. The van der Waals surface area contributed by atoms with Gasteiger partial charge in [-0.2, -0.15) is 5.10 Å². The molecule has 5 heteroatoms. The smallest absolute Gasteiger partial charge is 0.275 e. The minimum Gasteiger partial charge on any atom is -0.391 e. The molecule has 1 unspecified atom stereocenters. The molecular formula is C21H23N3O2. The summed E-state index contributed by atoms with van der Waals surface area (Å²) >= 11 is 0. The third kappa shape index (κ3) is 2.51. The summed E-state index contributed by atoms with van der Waals surface area (Å²) < 4.78 is 1.76. The summed E-state index contributed by atoms with van der Waals surface area (Å²) in [6, 6.07) is 16.2. The van der Waals surface area contributed by atoms with E-state index in [1.807, 2.05) is 51.2 Å². The van der Waals surface area contributed by atoms with Gasteiger partial charge in [-0.25, -0.2) is 0 Å². The first-order chi connectivity index (χ1) is 12.4. The van der Waals surface area contributed by atoms with Crippen LogP contribution in [0.4, 0.5) is 0 Å². The first-order valence-electron chi connectivity index (χ1n) is 8.92. The van der Waals surface area contributed by atoms with Crippen molar-refractivity contribution in [3.8, 4) is 11.1 Å². The Morgan fingerprint density at radius 2 is 1.88 bits per heavy atom. The maximum atomic E-state index is 13.1. The summed E-state index contributed by atoms with van der Waals surface area (Å²) in [6.07, 6.45) is 0.0906. The number of carbonyl (C=O) groups is 1. The molecule has 0 saturated carbocycles. The lowest BCUT2D eigenvalue weighted by Crippen LogP contribution is -2.48. The highest BCUT2D eigenvalue weighted by molar-refractivity contribution is 6.06. The average Bonchev–Trinajstić information content (AvgIpc) is 3.11. The number of carbonyl (C=O) groups excluding carboxylic acids is 1. The Labute approximate surface area is 152 Å². The lowest BCUT2D eigenvalue weighted by atomic mass is 9.98. The highest BCUT2D eigenvalue weighted by atomic mass is 16.3. The van der Waals surface area contributed by atoms with Crippen LogP contribution in [0.2, 0.25) is 0 Å². The van der Waals surface area contributed by atoms with E-state index in [1.54, 1.807) is 9.58 Å². The van der Waals surface area contributed by atoms with Gasteiger partial charge in [0, 0.05) is 19.0 Å². The van der Waals surface area contributed by atoms with Crippen LogP contribution in [0.3, 0.4) is 0 Å². The number of aromatic nitrogens is 2. The molecule has 0 spiro atoms. The Morgan fingerprint density at radius 3 is 2.54 bits per heavy atom. The molecule has 1 N–H and O–H groups in total. The fraction of sp³-hybridized carbons (Fsp3) is 0.333. The number of fused-ring (bicyclic) bond motifs is 1. The van der Waals surface area contributed by atoms with Gasteiger partial charge in [-0.05, 0) is 43.5 Å². The van der Waals surface area contributed by atoms with E-state index in [-0.39, 0.29) is 5.91 Å². The van der Waals surface area contributed by atoms with Crippen molar-refractivity contribution in [2.24, 2.45) is 7.05 Å². The number of rotatable bonds is 2. The fourth-order valence-electron chi connectivity index (χ4n) is 3.79. The largest absolute Gasteiger partial charge is 0.391 e. The Bertz CT molecular complexity index is 976. The van der Waals surface area contributed by atoms with E-state index in [9.17, 15) is 9.90 Å². The van der Waals surface area contributed by atoms with E-state index in [0.29, 0.717) is 18.7 Å². The molecule has 3 aromatic rings. The molecule has 26 heavy (non-hydrogen) atoms. The van der Waals surface area contributed by atoms with Crippen LogP contribution >= 0.6 is 0 Å². The summed E-state index contributed by atoms with van der Waals surface area (Å²) in [5.41, 5.74) is 3.02. The summed E-state index contributed by atoms with van der Waals surface area (Å²) in [4.78, 5) is 14.9. The fourth-order valence-corrected chi connectivity index (χ4v) is 3.79. The molecular weight excluding hydrogens is 326 g/mol. The van der Waals surface area contributed by atoms with Gasteiger partial charge in [0.15, 0.2) is 5.69 Å². The Hall–Kier alpha value is -2.66. The molecule has 134 valence electrons. The lowest BCUT2D eigenvalue weighted by molar-refractivity contribution is 0.0390.